The van der Waals surface area contributed by atoms with Gasteiger partial charge in [-0.1, -0.05) is 152 Å². The molecule has 0 amide bonds. The molecule has 7 rings (SSSR count). The van der Waals surface area contributed by atoms with Crippen molar-refractivity contribution in [1.29, 1.82) is 0 Å². The average molecular weight is 591 g/mol. The first-order valence-electron chi connectivity index (χ1n) is 16.5. The van der Waals surface area contributed by atoms with Gasteiger partial charge in [0, 0.05) is 0 Å². The van der Waals surface area contributed by atoms with E-state index in [4.69, 9.17) is 0 Å². The molecule has 2 aliphatic carbocycles. The lowest BCUT2D eigenvalue weighted by Gasteiger charge is -2.18. The number of allylic oxidation sites excluding steroid dienone is 4. The van der Waals surface area contributed by atoms with Crippen LogP contribution in [0.2, 0.25) is 0 Å². The van der Waals surface area contributed by atoms with Gasteiger partial charge in [-0.05, 0) is 122 Å². The summed E-state index contributed by atoms with van der Waals surface area (Å²) in [5.74, 6) is 0. The topological polar surface area (TPSA) is 0 Å². The Kier molecular flexibility index (Phi) is 11.9. The Morgan fingerprint density at radius 3 is 1.38 bits per heavy atom. The Hall–Kier alpha value is -4.42. The van der Waals surface area contributed by atoms with Gasteiger partial charge in [0.25, 0.3) is 0 Å². The number of aryl methyl sites for hydroxylation is 4. The molecule has 0 spiro atoms. The number of benzene rings is 5. The third-order valence-corrected chi connectivity index (χ3v) is 8.71. The van der Waals surface area contributed by atoms with Crippen molar-refractivity contribution in [2.24, 2.45) is 0 Å². The first-order valence-corrected chi connectivity index (χ1v) is 16.5. The van der Waals surface area contributed by atoms with Crippen LogP contribution in [-0.2, 0) is 6.42 Å². The van der Waals surface area contributed by atoms with Crippen molar-refractivity contribution in [2.45, 2.75) is 74.7 Å². The van der Waals surface area contributed by atoms with E-state index >= 15 is 0 Å². The molecule has 0 radical (unpaired) electrons. The van der Waals surface area contributed by atoms with Gasteiger partial charge in [-0.15, -0.1) is 0 Å². The minimum absolute atomic E-state index is 1.10. The van der Waals surface area contributed by atoms with Gasteiger partial charge >= 0.3 is 0 Å². The van der Waals surface area contributed by atoms with E-state index in [1.165, 1.54) is 90.8 Å². The Balaban J connectivity index is 0.000000150. The third-order valence-electron chi connectivity index (χ3n) is 8.71. The zero-order valence-corrected chi connectivity index (χ0v) is 28.7. The fraction of sp³-hybridized carbons (Fsp3) is 0.244. The second-order valence-corrected chi connectivity index (χ2v) is 12.1. The molecule has 0 N–H and O–H groups in total. The minimum atomic E-state index is 1.10. The second-order valence-electron chi connectivity index (χ2n) is 12.1. The van der Waals surface area contributed by atoms with Crippen LogP contribution in [0.4, 0.5) is 0 Å². The van der Waals surface area contributed by atoms with E-state index < -0.39 is 0 Å². The molecule has 0 aliphatic heterocycles. The lowest BCUT2D eigenvalue weighted by Crippen LogP contribution is -1.97. The van der Waals surface area contributed by atoms with Gasteiger partial charge in [-0.2, -0.15) is 0 Å². The summed E-state index contributed by atoms with van der Waals surface area (Å²) >= 11 is 0. The molecule has 0 bridgehead atoms. The van der Waals surface area contributed by atoms with Gasteiger partial charge in [-0.3, -0.25) is 0 Å². The highest BCUT2D eigenvalue weighted by atomic mass is 14.2. The summed E-state index contributed by atoms with van der Waals surface area (Å²) in [6.07, 6.45) is 5.90. The molecule has 0 saturated heterocycles. The van der Waals surface area contributed by atoms with Gasteiger partial charge in [0.05, 0.1) is 0 Å². The van der Waals surface area contributed by atoms with Crippen molar-refractivity contribution in [3.05, 3.63) is 171 Å². The molecule has 0 atom stereocenters. The molecule has 230 valence electrons. The highest BCUT2D eigenvalue weighted by molar-refractivity contribution is 5.80. The number of hydrogen-bond donors (Lipinski definition) is 0. The third kappa shape index (κ3) is 8.40. The van der Waals surface area contributed by atoms with E-state index in [0.717, 1.165) is 6.42 Å². The van der Waals surface area contributed by atoms with Crippen molar-refractivity contribution >= 4 is 5.57 Å². The fourth-order valence-electron chi connectivity index (χ4n) is 6.12. The zero-order valence-electron chi connectivity index (χ0n) is 28.7. The molecular formula is C45H50. The van der Waals surface area contributed by atoms with E-state index in [1.807, 2.05) is 13.8 Å². The summed E-state index contributed by atoms with van der Waals surface area (Å²) in [6, 6.07) is 41.0. The monoisotopic (exact) mass is 590 g/mol. The first kappa shape index (κ1) is 33.5. The largest absolute Gasteiger partial charge is 0.0724 e. The molecule has 45 heavy (non-hydrogen) atoms. The molecule has 0 unspecified atom stereocenters. The smallest absolute Gasteiger partial charge is 0.00135 e. The summed E-state index contributed by atoms with van der Waals surface area (Å²) in [5.41, 5.74) is 19.7. The van der Waals surface area contributed by atoms with Gasteiger partial charge in [0.2, 0.25) is 0 Å². The van der Waals surface area contributed by atoms with Gasteiger partial charge in [-0.25, -0.2) is 0 Å². The van der Waals surface area contributed by atoms with Crippen LogP contribution in [0.5, 0.6) is 0 Å². The van der Waals surface area contributed by atoms with Crippen LogP contribution in [0.3, 0.4) is 0 Å². The fourth-order valence-corrected chi connectivity index (χ4v) is 6.12. The Labute approximate surface area is 273 Å². The van der Waals surface area contributed by atoms with Crippen LogP contribution in [0.15, 0.2) is 132 Å². The molecule has 5 aromatic rings. The average Bonchev–Trinajstić information content (AvgIpc) is 3.45. The molecule has 5 aromatic carbocycles. The number of hydrogen-bond acceptors (Lipinski definition) is 0. The molecule has 0 heteroatoms. The van der Waals surface area contributed by atoms with E-state index in [1.54, 1.807) is 0 Å². The van der Waals surface area contributed by atoms with E-state index in [0.29, 0.717) is 0 Å². The Morgan fingerprint density at radius 2 is 0.867 bits per heavy atom. The molecule has 0 nitrogen and oxygen atoms in total. The summed E-state index contributed by atoms with van der Waals surface area (Å²) in [5, 5.41) is 0. The Bertz CT molecular complexity index is 1710. The van der Waals surface area contributed by atoms with Crippen molar-refractivity contribution < 1.29 is 0 Å². The maximum Gasteiger partial charge on any atom is -0.00135 e. The predicted octanol–water partition coefficient (Wildman–Crippen LogP) is 13.1. The highest BCUT2D eigenvalue weighted by Gasteiger charge is 2.16. The zero-order chi connectivity index (χ0) is 32.3. The molecule has 0 fully saturated rings. The molecule has 0 heterocycles. The molecule has 0 saturated carbocycles. The van der Waals surface area contributed by atoms with Crippen LogP contribution in [0.25, 0.3) is 27.8 Å². The van der Waals surface area contributed by atoms with Crippen LogP contribution in [0, 0.1) is 27.7 Å². The van der Waals surface area contributed by atoms with Gasteiger partial charge in [0.1, 0.15) is 0 Å². The molecule has 0 aromatic heterocycles. The Morgan fingerprint density at radius 1 is 0.422 bits per heavy atom. The van der Waals surface area contributed by atoms with Crippen molar-refractivity contribution in [2.75, 3.05) is 0 Å². The van der Waals surface area contributed by atoms with Crippen molar-refractivity contribution in [3.8, 4) is 22.3 Å². The van der Waals surface area contributed by atoms with E-state index in [2.05, 4.69) is 163 Å². The molecule has 2 aliphatic rings. The van der Waals surface area contributed by atoms with Crippen LogP contribution in [0.1, 0.15) is 79.5 Å². The summed E-state index contributed by atoms with van der Waals surface area (Å²) < 4.78 is 0. The van der Waals surface area contributed by atoms with Crippen LogP contribution < -0.4 is 0 Å². The quantitative estimate of drug-likeness (QED) is 0.188. The van der Waals surface area contributed by atoms with Crippen LogP contribution in [-0.4, -0.2) is 0 Å². The van der Waals surface area contributed by atoms with E-state index in [9.17, 15) is 0 Å². The second kappa shape index (κ2) is 16.1. The minimum Gasteiger partial charge on any atom is -0.0724 e. The maximum absolute atomic E-state index is 2.36. The number of fused-ring (bicyclic) bond motifs is 3. The van der Waals surface area contributed by atoms with Crippen molar-refractivity contribution in [1.82, 2.24) is 0 Å². The summed E-state index contributed by atoms with van der Waals surface area (Å²) in [6.45, 7) is 17.2. The standard InChI is InChI=1S/C16H20.C14H14.C13H10.C2H6/c1-11-5-7-13(3)15(9-11)16-10-12(2)6-8-14(16)4;1-11-7-3-5-9-13(11)14-10-6-4-8-12(14)2;1-3-7-12-10(5-1)9-11-6-2-4-8-13(11)12;1-2/h5,7,9-10H,6,8H2,1-4H3;3-10H,1-2H3;1-8H,9H2;1-2H3. The van der Waals surface area contributed by atoms with Crippen molar-refractivity contribution in [3.63, 3.8) is 0 Å². The van der Waals surface area contributed by atoms with Gasteiger partial charge < -0.3 is 0 Å². The normalized spacial score (nSPS) is 12.7. The van der Waals surface area contributed by atoms with Gasteiger partial charge in [0.15, 0.2) is 0 Å². The summed E-state index contributed by atoms with van der Waals surface area (Å²) in [4.78, 5) is 0. The SMILES string of the molecule is CC.CC1=CC(c2cc(C)ccc2C)=C(C)CC1.Cc1ccccc1-c1ccccc1C.c1ccc2c(c1)Cc1ccccc1-2. The number of rotatable bonds is 2. The first-order chi connectivity index (χ1) is 21.8. The predicted molar refractivity (Wildman–Crippen MR) is 199 cm³/mol. The van der Waals surface area contributed by atoms with Crippen LogP contribution >= 0.6 is 0 Å². The lowest BCUT2D eigenvalue weighted by atomic mass is 9.87. The lowest BCUT2D eigenvalue weighted by molar-refractivity contribution is 0.911. The summed E-state index contributed by atoms with van der Waals surface area (Å²) in [7, 11) is 0. The molecular weight excluding hydrogens is 540 g/mol. The maximum atomic E-state index is 2.36. The van der Waals surface area contributed by atoms with E-state index in [-0.39, 0.29) is 0 Å². The highest BCUT2D eigenvalue weighted by Crippen LogP contribution is 2.36.